The minimum Gasteiger partial charge on any atom is -0.463 e. The first-order valence-corrected chi connectivity index (χ1v) is 26.0. The van der Waals surface area contributed by atoms with Crippen molar-refractivity contribution in [3.05, 3.63) is 71.8 Å². The molecule has 0 bridgehead atoms. The van der Waals surface area contributed by atoms with E-state index in [1.54, 1.807) is 34.6 Å². The number of nitrogens with one attached hydrogen (secondary N) is 2. The summed E-state index contributed by atoms with van der Waals surface area (Å²) in [5.74, 6) is -2.11. The Labute approximate surface area is 456 Å². The average Bonchev–Trinajstić information content (AvgIpc) is 3.39. The van der Waals surface area contributed by atoms with Crippen LogP contribution in [0.15, 0.2) is 71.0 Å². The summed E-state index contributed by atoms with van der Waals surface area (Å²) in [6.07, 6.45) is -6.84. The summed E-state index contributed by atoms with van der Waals surface area (Å²) in [7, 11) is 0. The van der Waals surface area contributed by atoms with Crippen LogP contribution in [0.3, 0.4) is 0 Å². The molecule has 0 aliphatic carbocycles. The Hall–Kier alpha value is -6.22. The van der Waals surface area contributed by atoms with E-state index in [1.807, 2.05) is 20.8 Å². The fourth-order valence-corrected chi connectivity index (χ4v) is 7.45. The monoisotopic (exact) mass is 1120 g/mol. The highest BCUT2D eigenvalue weighted by Crippen LogP contribution is 2.40. The maximum Gasteiger partial charge on any atom is 0.433 e. The zero-order chi connectivity index (χ0) is 60.0. The Morgan fingerprint density at radius 3 is 1.23 bits per heavy atom. The Balaban J connectivity index is 0.00000121. The third kappa shape index (κ3) is 29.5. The van der Waals surface area contributed by atoms with Gasteiger partial charge < -0.3 is 29.6 Å². The van der Waals surface area contributed by atoms with Crippen molar-refractivity contribution in [1.82, 2.24) is 10.6 Å². The molecule has 2 rings (SSSR count). The van der Waals surface area contributed by atoms with Gasteiger partial charge in [-0.05, 0) is 130 Å². The van der Waals surface area contributed by atoms with Crippen LogP contribution in [-0.4, -0.2) is 99.4 Å². The molecule has 0 aromatic heterocycles. The van der Waals surface area contributed by atoms with Gasteiger partial charge in [-0.2, -0.15) is 26.3 Å². The molecule has 0 fully saturated rings. The number of esters is 4. The number of benzene rings is 2. The van der Waals surface area contributed by atoms with E-state index in [0.29, 0.717) is 42.5 Å². The highest BCUT2D eigenvalue weighted by Gasteiger charge is 2.46. The Bertz CT molecular complexity index is 2210. The van der Waals surface area contributed by atoms with Gasteiger partial charge in [-0.25, -0.2) is 9.59 Å². The van der Waals surface area contributed by atoms with Crippen LogP contribution >= 0.6 is 0 Å². The van der Waals surface area contributed by atoms with E-state index < -0.39 is 83.3 Å². The lowest BCUT2D eigenvalue weighted by atomic mass is 9.72. The van der Waals surface area contributed by atoms with Crippen LogP contribution in [0.25, 0.3) is 0 Å². The van der Waals surface area contributed by atoms with Gasteiger partial charge in [0.2, 0.25) is 0 Å². The molecule has 78 heavy (non-hydrogen) atoms. The largest absolute Gasteiger partial charge is 0.463 e. The first-order valence-electron chi connectivity index (χ1n) is 26.0. The quantitative estimate of drug-likeness (QED) is 0.0163. The lowest BCUT2D eigenvalue weighted by Gasteiger charge is -2.33. The van der Waals surface area contributed by atoms with E-state index in [4.69, 9.17) is 9.47 Å². The van der Waals surface area contributed by atoms with Crippen molar-refractivity contribution in [3.63, 3.8) is 0 Å². The van der Waals surface area contributed by atoms with Gasteiger partial charge in [0.05, 0.1) is 46.2 Å². The fourth-order valence-electron chi connectivity index (χ4n) is 7.45. The van der Waals surface area contributed by atoms with Crippen LogP contribution in [0.5, 0.6) is 0 Å². The predicted octanol–water partition coefficient (Wildman–Crippen LogP) is 13.3. The zero-order valence-electron chi connectivity index (χ0n) is 47.9. The maximum atomic E-state index is 12.7. The molecule has 2 aromatic carbocycles. The number of halogens is 6. The van der Waals surface area contributed by atoms with E-state index in [9.17, 15) is 55.1 Å². The molecule has 16 nitrogen and oxygen atoms in total. The summed E-state index contributed by atoms with van der Waals surface area (Å²) in [5, 5.41) is 12.2. The third-order valence-electron chi connectivity index (χ3n) is 12.6. The van der Waals surface area contributed by atoms with Crippen LogP contribution in [0, 0.1) is 21.7 Å². The van der Waals surface area contributed by atoms with Crippen LogP contribution in [-0.2, 0) is 47.8 Å². The molecule has 2 amide bonds. The van der Waals surface area contributed by atoms with E-state index in [1.165, 1.54) is 51.7 Å². The lowest BCUT2D eigenvalue weighted by Crippen LogP contribution is -2.40. The number of alkyl halides is 6. The van der Waals surface area contributed by atoms with Crippen molar-refractivity contribution >= 4 is 47.5 Å². The standard InChI is InChI=1S/C24H42N4O8.C18H22.C14H20F6O4/c1-9-17(4)27-35-21(31)25-12-14-33-19(29)23(6,7)16-24(8,11-3)20(30)34-15-13-26-22(32)36-28-18(5)10-2;1-3-16(18-12-8-5-9-13-18)14-15(2)17-10-6-4-7-11-17;1-5-12(4,10(22)24-8-14(18,19)20)6-11(2,3)9(21)23-7-13(15,16)17/h9-16H2,1-8H3,(H,25,31)(H,26,32);4-13,15-16H,3,14H2,1-2H3;5-8H2,1-4H3. The summed E-state index contributed by atoms with van der Waals surface area (Å²) in [6, 6.07) is 21.7. The molecule has 442 valence electrons. The molecule has 0 spiro atoms. The number of oxime groups is 2. The number of hydrogen-bond acceptors (Lipinski definition) is 14. The van der Waals surface area contributed by atoms with Crippen molar-refractivity contribution < 1.29 is 83.7 Å². The van der Waals surface area contributed by atoms with Gasteiger partial charge in [0, 0.05) is 0 Å². The topological polar surface area (TPSA) is 207 Å². The van der Waals surface area contributed by atoms with E-state index in [0.717, 1.165) is 0 Å². The van der Waals surface area contributed by atoms with Crippen molar-refractivity contribution in [3.8, 4) is 0 Å². The molecule has 0 saturated carbocycles. The van der Waals surface area contributed by atoms with Crippen LogP contribution in [0.1, 0.15) is 171 Å². The van der Waals surface area contributed by atoms with Gasteiger partial charge in [0.15, 0.2) is 13.2 Å². The Morgan fingerprint density at radius 1 is 0.526 bits per heavy atom. The summed E-state index contributed by atoms with van der Waals surface area (Å²) in [4.78, 5) is 81.5. The number of carbonyl (C=O) groups excluding carboxylic acids is 6. The second-order valence-electron chi connectivity index (χ2n) is 20.6. The van der Waals surface area contributed by atoms with Gasteiger partial charge in [0.1, 0.15) is 13.2 Å². The number of hydrogen-bond donors (Lipinski definition) is 2. The van der Waals surface area contributed by atoms with Gasteiger partial charge >= 0.3 is 48.4 Å². The number of nitrogens with zero attached hydrogens (tertiary/aromatic N) is 2. The number of ether oxygens (including phenoxy) is 4. The molecule has 0 aliphatic rings. The second kappa shape index (κ2) is 34.6. The molecular formula is C56H84F6N4O12. The molecule has 0 heterocycles. The highest BCUT2D eigenvalue weighted by atomic mass is 19.4. The Morgan fingerprint density at radius 2 is 0.872 bits per heavy atom. The third-order valence-corrected chi connectivity index (χ3v) is 12.6. The van der Waals surface area contributed by atoms with Gasteiger partial charge in [-0.3, -0.25) is 28.9 Å². The smallest absolute Gasteiger partial charge is 0.433 e. The van der Waals surface area contributed by atoms with E-state index in [-0.39, 0.29) is 45.6 Å². The molecule has 4 unspecified atom stereocenters. The molecule has 2 N–H and O–H groups in total. The molecule has 0 saturated heterocycles. The van der Waals surface area contributed by atoms with E-state index in [2.05, 4.69) is 115 Å². The van der Waals surface area contributed by atoms with Crippen LogP contribution in [0.4, 0.5) is 35.9 Å². The molecule has 4 atom stereocenters. The number of carbonyl (C=O) groups is 6. The summed E-state index contributed by atoms with van der Waals surface area (Å²) in [6.45, 7) is 20.4. The molecule has 22 heteroatoms. The zero-order valence-corrected chi connectivity index (χ0v) is 47.9. The number of rotatable bonds is 27. The summed E-state index contributed by atoms with van der Waals surface area (Å²) >= 11 is 0. The van der Waals surface area contributed by atoms with Gasteiger partial charge in [0.25, 0.3) is 0 Å². The molecule has 0 radical (unpaired) electrons. The highest BCUT2D eigenvalue weighted by molar-refractivity contribution is 5.83. The SMILES string of the molecule is CCC(C)(CC(C)(C)C(=O)OCC(F)(F)F)C(=O)OCC(F)(F)F.CCC(C)=NOC(=O)NCCOC(=O)C(C)(C)CC(C)(CC)C(=O)OCCNC(=O)ON=C(C)CC.CCC(CC(C)c1ccccc1)c1ccccc1. The van der Waals surface area contributed by atoms with Gasteiger partial charge in [-0.15, -0.1) is 0 Å². The normalized spacial score (nSPS) is 14.4. The van der Waals surface area contributed by atoms with Crippen molar-refractivity contribution in [2.45, 2.75) is 172 Å². The van der Waals surface area contributed by atoms with Gasteiger partial charge in [-0.1, -0.05) is 113 Å². The van der Waals surface area contributed by atoms with Crippen molar-refractivity contribution in [2.75, 3.05) is 39.5 Å². The predicted molar refractivity (Wildman–Crippen MR) is 284 cm³/mol. The lowest BCUT2D eigenvalue weighted by molar-refractivity contribution is -0.198. The van der Waals surface area contributed by atoms with Crippen LogP contribution < -0.4 is 10.6 Å². The van der Waals surface area contributed by atoms with Crippen molar-refractivity contribution in [1.29, 1.82) is 0 Å². The molecule has 2 aromatic rings. The summed E-state index contributed by atoms with van der Waals surface area (Å²) in [5.41, 5.74) is -0.689. The molecular weight excluding hydrogens is 1030 g/mol. The Kier molecular flexibility index (Phi) is 31.9. The van der Waals surface area contributed by atoms with Crippen molar-refractivity contribution in [2.24, 2.45) is 32.0 Å². The second-order valence-corrected chi connectivity index (χ2v) is 20.6. The first kappa shape index (κ1) is 71.8. The van der Waals surface area contributed by atoms with E-state index >= 15 is 0 Å². The minimum absolute atomic E-state index is 0.0275. The fraction of sp³-hybridized carbons (Fsp3) is 0.643. The minimum atomic E-state index is -4.70. The number of amides is 2. The first-order chi connectivity index (χ1) is 36.1. The maximum absolute atomic E-state index is 12.7. The summed E-state index contributed by atoms with van der Waals surface area (Å²) < 4.78 is 91.6. The average molecular weight is 1120 g/mol. The molecule has 0 aliphatic heterocycles. The van der Waals surface area contributed by atoms with Crippen LogP contribution in [0.2, 0.25) is 0 Å².